The summed E-state index contributed by atoms with van der Waals surface area (Å²) >= 11 is 0. The summed E-state index contributed by atoms with van der Waals surface area (Å²) < 4.78 is 39.7. The van der Waals surface area contributed by atoms with Gasteiger partial charge in [0.1, 0.15) is 5.82 Å². The number of nitrogens with two attached hydrogens (primary N) is 1. The smallest absolute Gasteiger partial charge is 0.243 e. The fourth-order valence-electron chi connectivity index (χ4n) is 2.03. The molecular weight excluding hydrogens is 255 g/mol. The zero-order valence-electron chi connectivity index (χ0n) is 10.5. The maximum atomic E-state index is 13.4. The van der Waals surface area contributed by atoms with Crippen LogP contribution in [0.15, 0.2) is 17.0 Å². The van der Waals surface area contributed by atoms with Gasteiger partial charge in [0.05, 0.1) is 10.6 Å². The van der Waals surface area contributed by atoms with Crippen molar-refractivity contribution >= 4 is 15.7 Å². The van der Waals surface area contributed by atoms with Gasteiger partial charge in [0, 0.05) is 12.6 Å². The number of anilines is 1. The van der Waals surface area contributed by atoms with E-state index in [4.69, 9.17) is 5.73 Å². The van der Waals surface area contributed by atoms with Crippen LogP contribution in [0.1, 0.15) is 25.3 Å². The zero-order valence-corrected chi connectivity index (χ0v) is 11.3. The summed E-state index contributed by atoms with van der Waals surface area (Å²) in [5.74, 6) is -0.552. The molecule has 1 aliphatic carbocycles. The number of aryl methyl sites for hydroxylation is 1. The highest BCUT2D eigenvalue weighted by atomic mass is 32.2. The molecule has 2 N–H and O–H groups in total. The van der Waals surface area contributed by atoms with Crippen LogP contribution in [0.25, 0.3) is 0 Å². The molecule has 1 fully saturated rings. The van der Waals surface area contributed by atoms with E-state index in [9.17, 15) is 12.8 Å². The Morgan fingerprint density at radius 3 is 2.50 bits per heavy atom. The van der Waals surface area contributed by atoms with E-state index in [2.05, 4.69) is 0 Å². The standard InChI is InChI=1S/C12H17FN2O2S/c1-3-15(9-4-5-9)18(16,17)10-6-8(2)12(13)11(14)7-10/h6-7,9H,3-5,14H2,1-2H3. The van der Waals surface area contributed by atoms with Gasteiger partial charge in [-0.1, -0.05) is 6.92 Å². The SMILES string of the molecule is CCN(C1CC1)S(=O)(=O)c1cc(C)c(F)c(N)c1. The molecule has 2 rings (SSSR count). The quantitative estimate of drug-likeness (QED) is 0.851. The maximum absolute atomic E-state index is 13.4. The van der Waals surface area contributed by atoms with Crippen molar-refractivity contribution in [3.05, 3.63) is 23.5 Å². The van der Waals surface area contributed by atoms with Crippen molar-refractivity contribution in [1.29, 1.82) is 0 Å². The maximum Gasteiger partial charge on any atom is 0.243 e. The van der Waals surface area contributed by atoms with Gasteiger partial charge in [-0.2, -0.15) is 4.31 Å². The van der Waals surface area contributed by atoms with E-state index >= 15 is 0 Å². The highest BCUT2D eigenvalue weighted by Crippen LogP contribution is 2.32. The Kier molecular flexibility index (Phi) is 3.33. The molecule has 0 atom stereocenters. The van der Waals surface area contributed by atoms with Crippen molar-refractivity contribution in [2.24, 2.45) is 0 Å². The van der Waals surface area contributed by atoms with Crippen molar-refractivity contribution in [2.45, 2.75) is 37.6 Å². The molecule has 0 saturated heterocycles. The second-order valence-electron chi connectivity index (χ2n) is 4.58. The third kappa shape index (κ3) is 2.22. The van der Waals surface area contributed by atoms with Crippen LogP contribution >= 0.6 is 0 Å². The molecule has 18 heavy (non-hydrogen) atoms. The minimum Gasteiger partial charge on any atom is -0.396 e. The lowest BCUT2D eigenvalue weighted by molar-refractivity contribution is 0.421. The fraction of sp³-hybridized carbons (Fsp3) is 0.500. The van der Waals surface area contributed by atoms with Crippen molar-refractivity contribution in [3.63, 3.8) is 0 Å². The monoisotopic (exact) mass is 272 g/mol. The summed E-state index contributed by atoms with van der Waals surface area (Å²) in [5.41, 5.74) is 5.62. The molecule has 0 aromatic heterocycles. The van der Waals surface area contributed by atoms with E-state index in [1.807, 2.05) is 0 Å². The Balaban J connectivity index is 2.46. The first-order valence-electron chi connectivity index (χ1n) is 5.95. The number of benzene rings is 1. The molecule has 1 aliphatic rings. The average molecular weight is 272 g/mol. The van der Waals surface area contributed by atoms with Crippen LogP contribution in [0.2, 0.25) is 0 Å². The van der Waals surface area contributed by atoms with Crippen molar-refractivity contribution in [3.8, 4) is 0 Å². The van der Waals surface area contributed by atoms with Gasteiger partial charge >= 0.3 is 0 Å². The van der Waals surface area contributed by atoms with Gasteiger partial charge in [0.2, 0.25) is 10.0 Å². The van der Waals surface area contributed by atoms with E-state index in [0.717, 1.165) is 12.8 Å². The second kappa shape index (κ2) is 4.51. The first kappa shape index (κ1) is 13.3. The molecule has 100 valence electrons. The highest BCUT2D eigenvalue weighted by molar-refractivity contribution is 7.89. The Morgan fingerprint density at radius 2 is 2.06 bits per heavy atom. The van der Waals surface area contributed by atoms with Crippen LogP contribution in [0, 0.1) is 12.7 Å². The third-order valence-corrected chi connectivity index (χ3v) is 5.13. The molecule has 1 aromatic carbocycles. The van der Waals surface area contributed by atoms with Gasteiger partial charge in [-0.25, -0.2) is 12.8 Å². The van der Waals surface area contributed by atoms with Gasteiger partial charge in [-0.3, -0.25) is 0 Å². The van der Waals surface area contributed by atoms with E-state index in [1.165, 1.54) is 23.4 Å². The molecule has 0 amide bonds. The van der Waals surface area contributed by atoms with Gasteiger partial charge in [-0.05, 0) is 37.5 Å². The molecule has 0 radical (unpaired) electrons. The number of hydrogen-bond acceptors (Lipinski definition) is 3. The summed E-state index contributed by atoms with van der Waals surface area (Å²) in [4.78, 5) is 0.0765. The van der Waals surface area contributed by atoms with E-state index in [-0.39, 0.29) is 22.2 Å². The molecule has 0 bridgehead atoms. The summed E-state index contributed by atoms with van der Waals surface area (Å²) in [6.07, 6.45) is 1.78. The lowest BCUT2D eigenvalue weighted by Crippen LogP contribution is -2.33. The molecule has 0 aliphatic heterocycles. The molecule has 0 spiro atoms. The minimum atomic E-state index is -3.56. The topological polar surface area (TPSA) is 63.4 Å². The van der Waals surface area contributed by atoms with Gasteiger partial charge in [0.25, 0.3) is 0 Å². The number of rotatable bonds is 4. The molecular formula is C12H17FN2O2S. The largest absolute Gasteiger partial charge is 0.396 e. The molecule has 0 unspecified atom stereocenters. The molecule has 1 saturated carbocycles. The number of halogens is 1. The number of sulfonamides is 1. The normalized spacial score (nSPS) is 16.2. The average Bonchev–Trinajstić information content (AvgIpc) is 3.10. The Morgan fingerprint density at radius 1 is 1.44 bits per heavy atom. The van der Waals surface area contributed by atoms with E-state index < -0.39 is 15.8 Å². The summed E-state index contributed by atoms with van der Waals surface area (Å²) in [6, 6.07) is 2.63. The predicted molar refractivity (Wildman–Crippen MR) is 68.1 cm³/mol. The summed E-state index contributed by atoms with van der Waals surface area (Å²) in [5, 5.41) is 0. The Labute approximate surface area is 107 Å². The summed E-state index contributed by atoms with van der Waals surface area (Å²) in [7, 11) is -3.56. The zero-order chi connectivity index (χ0) is 13.5. The number of hydrogen-bond donors (Lipinski definition) is 1. The summed E-state index contributed by atoms with van der Waals surface area (Å²) in [6.45, 7) is 3.73. The van der Waals surface area contributed by atoms with Gasteiger partial charge in [-0.15, -0.1) is 0 Å². The third-order valence-electron chi connectivity index (χ3n) is 3.13. The molecule has 1 aromatic rings. The predicted octanol–water partition coefficient (Wildman–Crippen LogP) is 1.89. The molecule has 0 heterocycles. The van der Waals surface area contributed by atoms with Crippen LogP contribution in [0.3, 0.4) is 0 Å². The van der Waals surface area contributed by atoms with Crippen molar-refractivity contribution < 1.29 is 12.8 Å². The van der Waals surface area contributed by atoms with Gasteiger partial charge < -0.3 is 5.73 Å². The Hall–Kier alpha value is -1.14. The van der Waals surface area contributed by atoms with Crippen LogP contribution in [-0.4, -0.2) is 25.3 Å². The van der Waals surface area contributed by atoms with Crippen LogP contribution in [0.4, 0.5) is 10.1 Å². The Bertz CT molecular complexity index is 544. The lowest BCUT2D eigenvalue weighted by atomic mass is 10.2. The highest BCUT2D eigenvalue weighted by Gasteiger charge is 2.37. The van der Waals surface area contributed by atoms with Crippen LogP contribution in [-0.2, 0) is 10.0 Å². The van der Waals surface area contributed by atoms with E-state index in [0.29, 0.717) is 6.54 Å². The van der Waals surface area contributed by atoms with Crippen LogP contribution < -0.4 is 5.73 Å². The molecule has 4 nitrogen and oxygen atoms in total. The second-order valence-corrected chi connectivity index (χ2v) is 6.47. The number of nitrogen functional groups attached to an aromatic ring is 1. The minimum absolute atomic E-state index is 0.0765. The first-order valence-corrected chi connectivity index (χ1v) is 7.39. The molecule has 6 heteroatoms. The number of nitrogens with zero attached hydrogens (tertiary/aromatic N) is 1. The lowest BCUT2D eigenvalue weighted by Gasteiger charge is -2.20. The fourth-order valence-corrected chi connectivity index (χ4v) is 3.85. The first-order chi connectivity index (χ1) is 8.37. The van der Waals surface area contributed by atoms with Gasteiger partial charge in [0.15, 0.2) is 0 Å². The van der Waals surface area contributed by atoms with Crippen LogP contribution in [0.5, 0.6) is 0 Å². The van der Waals surface area contributed by atoms with E-state index in [1.54, 1.807) is 6.92 Å². The van der Waals surface area contributed by atoms with Crippen molar-refractivity contribution in [2.75, 3.05) is 12.3 Å². The van der Waals surface area contributed by atoms with Crippen molar-refractivity contribution in [1.82, 2.24) is 4.31 Å².